The zero-order valence-electron chi connectivity index (χ0n) is 9.13. The number of nitrogens with zero attached hydrogens (tertiary/aromatic N) is 2. The molecule has 4 nitrogen and oxygen atoms in total. The van der Waals surface area contributed by atoms with Gasteiger partial charge in [0.15, 0.2) is 0 Å². The standard InChI is InChI=1S/C13H7ClN2O2/c14-12-6-9(16(17)18)5-11-10-4-2-1-3-8(10)7-15-13(11)12/h1-7H. The molecule has 0 N–H and O–H groups in total. The third-order valence-corrected chi connectivity index (χ3v) is 3.13. The fourth-order valence-electron chi connectivity index (χ4n) is 2.02. The van der Waals surface area contributed by atoms with Crippen LogP contribution in [-0.4, -0.2) is 9.91 Å². The highest BCUT2D eigenvalue weighted by molar-refractivity contribution is 6.36. The molecule has 0 aliphatic carbocycles. The van der Waals surface area contributed by atoms with Crippen LogP contribution in [0, 0.1) is 10.1 Å². The Hall–Kier alpha value is -2.20. The van der Waals surface area contributed by atoms with Crippen LogP contribution in [0.1, 0.15) is 0 Å². The lowest BCUT2D eigenvalue weighted by Gasteiger charge is -2.04. The van der Waals surface area contributed by atoms with Gasteiger partial charge >= 0.3 is 0 Å². The summed E-state index contributed by atoms with van der Waals surface area (Å²) >= 11 is 6.04. The topological polar surface area (TPSA) is 56.0 Å². The van der Waals surface area contributed by atoms with E-state index >= 15 is 0 Å². The molecule has 0 spiro atoms. The van der Waals surface area contributed by atoms with Crippen molar-refractivity contribution in [1.82, 2.24) is 4.98 Å². The quantitative estimate of drug-likeness (QED) is 0.377. The minimum atomic E-state index is -0.451. The lowest BCUT2D eigenvalue weighted by molar-refractivity contribution is -0.384. The van der Waals surface area contributed by atoms with Crippen LogP contribution >= 0.6 is 11.6 Å². The molecule has 0 fully saturated rings. The summed E-state index contributed by atoms with van der Waals surface area (Å²) in [6.07, 6.45) is 1.72. The van der Waals surface area contributed by atoms with Crippen molar-refractivity contribution in [1.29, 1.82) is 0 Å². The summed E-state index contributed by atoms with van der Waals surface area (Å²) in [6.45, 7) is 0. The second-order valence-electron chi connectivity index (χ2n) is 3.93. The first-order valence-corrected chi connectivity index (χ1v) is 5.66. The van der Waals surface area contributed by atoms with Crippen molar-refractivity contribution in [2.45, 2.75) is 0 Å². The number of non-ortho nitro benzene ring substituents is 1. The van der Waals surface area contributed by atoms with Crippen molar-refractivity contribution in [3.05, 3.63) is 57.7 Å². The van der Waals surface area contributed by atoms with Gasteiger partial charge in [-0.2, -0.15) is 0 Å². The number of halogens is 1. The Morgan fingerprint density at radius 3 is 2.72 bits per heavy atom. The average molecular weight is 259 g/mol. The molecule has 0 saturated heterocycles. The number of fused-ring (bicyclic) bond motifs is 3. The molecule has 3 aromatic rings. The van der Waals surface area contributed by atoms with Gasteiger partial charge in [-0.05, 0) is 5.39 Å². The minimum absolute atomic E-state index is 0.0225. The molecule has 5 heteroatoms. The molecule has 0 radical (unpaired) electrons. The smallest absolute Gasteiger partial charge is 0.258 e. The summed E-state index contributed by atoms with van der Waals surface area (Å²) in [5, 5.41) is 13.7. The molecule has 0 unspecified atom stereocenters. The van der Waals surface area contributed by atoms with Crippen molar-refractivity contribution >= 4 is 39.0 Å². The third-order valence-electron chi connectivity index (χ3n) is 2.84. The number of nitro benzene ring substituents is 1. The van der Waals surface area contributed by atoms with Crippen LogP contribution in [0.2, 0.25) is 5.02 Å². The van der Waals surface area contributed by atoms with Crippen molar-refractivity contribution in [2.75, 3.05) is 0 Å². The van der Waals surface area contributed by atoms with Crippen LogP contribution in [0.15, 0.2) is 42.6 Å². The monoisotopic (exact) mass is 258 g/mol. The van der Waals surface area contributed by atoms with E-state index in [0.717, 1.165) is 10.8 Å². The van der Waals surface area contributed by atoms with E-state index in [1.807, 2.05) is 24.3 Å². The number of nitro groups is 1. The summed E-state index contributed by atoms with van der Waals surface area (Å²) in [4.78, 5) is 14.7. The molecule has 2 aromatic carbocycles. The highest BCUT2D eigenvalue weighted by atomic mass is 35.5. The highest BCUT2D eigenvalue weighted by Crippen LogP contribution is 2.32. The van der Waals surface area contributed by atoms with Crippen LogP contribution in [0.3, 0.4) is 0 Å². The van der Waals surface area contributed by atoms with Crippen LogP contribution in [0.25, 0.3) is 21.7 Å². The minimum Gasteiger partial charge on any atom is -0.258 e. The van der Waals surface area contributed by atoms with Crippen molar-refractivity contribution in [3.63, 3.8) is 0 Å². The number of benzene rings is 2. The molecule has 18 heavy (non-hydrogen) atoms. The van der Waals surface area contributed by atoms with Crippen molar-refractivity contribution in [3.8, 4) is 0 Å². The first kappa shape index (κ1) is 10.9. The Balaban J connectivity index is 2.51. The Morgan fingerprint density at radius 2 is 1.94 bits per heavy atom. The second kappa shape index (κ2) is 3.92. The fraction of sp³-hybridized carbons (Fsp3) is 0. The van der Waals surface area contributed by atoms with E-state index in [4.69, 9.17) is 11.6 Å². The van der Waals surface area contributed by atoms with Gasteiger partial charge in [-0.3, -0.25) is 15.1 Å². The third kappa shape index (κ3) is 1.58. The molecule has 1 aromatic heterocycles. The summed E-state index contributed by atoms with van der Waals surface area (Å²) in [5.74, 6) is 0. The molecule has 0 bridgehead atoms. The maximum Gasteiger partial charge on any atom is 0.271 e. The van der Waals surface area contributed by atoms with Crippen LogP contribution in [0.5, 0.6) is 0 Å². The summed E-state index contributed by atoms with van der Waals surface area (Å²) in [6, 6.07) is 10.4. The molecule has 88 valence electrons. The predicted molar refractivity (Wildman–Crippen MR) is 70.9 cm³/mol. The van der Waals surface area contributed by atoms with E-state index in [1.165, 1.54) is 12.1 Å². The largest absolute Gasteiger partial charge is 0.271 e. The zero-order chi connectivity index (χ0) is 12.7. The maximum atomic E-state index is 10.9. The van der Waals surface area contributed by atoms with E-state index in [-0.39, 0.29) is 5.69 Å². The molecule has 0 aliphatic heterocycles. The van der Waals surface area contributed by atoms with Crippen LogP contribution < -0.4 is 0 Å². The van der Waals surface area contributed by atoms with Gasteiger partial charge in [0.05, 0.1) is 15.5 Å². The van der Waals surface area contributed by atoms with Gasteiger partial charge in [-0.25, -0.2) is 0 Å². The summed E-state index contributed by atoms with van der Waals surface area (Å²) in [5.41, 5.74) is 0.562. The van der Waals surface area contributed by atoms with Gasteiger partial charge in [-0.1, -0.05) is 35.9 Å². The number of pyridine rings is 1. The molecule has 1 heterocycles. The Labute approximate surface area is 107 Å². The normalized spacial score (nSPS) is 10.9. The Kier molecular flexibility index (Phi) is 2.38. The lowest BCUT2D eigenvalue weighted by Crippen LogP contribution is -1.90. The first-order chi connectivity index (χ1) is 8.66. The van der Waals surface area contributed by atoms with Gasteiger partial charge in [-0.15, -0.1) is 0 Å². The van der Waals surface area contributed by atoms with E-state index in [9.17, 15) is 10.1 Å². The van der Waals surface area contributed by atoms with E-state index in [0.29, 0.717) is 15.9 Å². The number of rotatable bonds is 1. The highest BCUT2D eigenvalue weighted by Gasteiger charge is 2.13. The SMILES string of the molecule is O=[N+]([O-])c1cc(Cl)c2ncc3ccccc3c2c1. The first-order valence-electron chi connectivity index (χ1n) is 5.28. The van der Waals surface area contributed by atoms with E-state index in [1.54, 1.807) is 6.20 Å². The molecule has 0 amide bonds. The van der Waals surface area contributed by atoms with Gasteiger partial charge in [0.25, 0.3) is 5.69 Å². The molecule has 0 atom stereocenters. The van der Waals surface area contributed by atoms with E-state index in [2.05, 4.69) is 4.98 Å². The van der Waals surface area contributed by atoms with Gasteiger partial charge < -0.3 is 0 Å². The van der Waals surface area contributed by atoms with Crippen LogP contribution in [-0.2, 0) is 0 Å². The number of aromatic nitrogens is 1. The summed E-state index contributed by atoms with van der Waals surface area (Å²) < 4.78 is 0. The van der Waals surface area contributed by atoms with Crippen molar-refractivity contribution in [2.24, 2.45) is 0 Å². The molecular weight excluding hydrogens is 252 g/mol. The molecule has 0 saturated carbocycles. The fourth-order valence-corrected chi connectivity index (χ4v) is 2.28. The number of hydrogen-bond donors (Lipinski definition) is 0. The predicted octanol–water partition coefficient (Wildman–Crippen LogP) is 3.95. The zero-order valence-corrected chi connectivity index (χ0v) is 9.89. The van der Waals surface area contributed by atoms with E-state index < -0.39 is 4.92 Å². The van der Waals surface area contributed by atoms with Gasteiger partial charge in [0, 0.05) is 29.1 Å². The molecule has 3 rings (SSSR count). The Bertz CT molecular complexity index is 786. The Morgan fingerprint density at radius 1 is 1.17 bits per heavy atom. The second-order valence-corrected chi connectivity index (χ2v) is 4.33. The van der Waals surface area contributed by atoms with Crippen LogP contribution in [0.4, 0.5) is 5.69 Å². The molecular formula is C13H7ClN2O2. The van der Waals surface area contributed by atoms with Crippen molar-refractivity contribution < 1.29 is 4.92 Å². The molecule has 0 aliphatic rings. The maximum absolute atomic E-state index is 10.9. The average Bonchev–Trinajstić information content (AvgIpc) is 2.38. The van der Waals surface area contributed by atoms with Gasteiger partial charge in [0.1, 0.15) is 0 Å². The van der Waals surface area contributed by atoms with Gasteiger partial charge in [0.2, 0.25) is 0 Å². The summed E-state index contributed by atoms with van der Waals surface area (Å²) in [7, 11) is 0. The lowest BCUT2D eigenvalue weighted by atomic mass is 10.1. The number of hydrogen-bond acceptors (Lipinski definition) is 3.